The molecule has 2 unspecified atom stereocenters. The minimum absolute atomic E-state index is 0.260. The van der Waals surface area contributed by atoms with Gasteiger partial charge in [-0.2, -0.15) is 5.10 Å². The molecule has 0 aliphatic carbocycles. The van der Waals surface area contributed by atoms with Crippen molar-refractivity contribution < 1.29 is 0 Å². The number of nitrogens with two attached hydrogens (primary N) is 1. The molecule has 0 spiro atoms. The van der Waals surface area contributed by atoms with E-state index >= 15 is 0 Å². The smallest absolute Gasteiger partial charge is 0.151 e. The van der Waals surface area contributed by atoms with E-state index < -0.39 is 0 Å². The van der Waals surface area contributed by atoms with E-state index in [0.29, 0.717) is 5.92 Å². The molecule has 0 bridgehead atoms. The van der Waals surface area contributed by atoms with Crippen LogP contribution in [0.3, 0.4) is 0 Å². The van der Waals surface area contributed by atoms with Crippen LogP contribution in [0.5, 0.6) is 0 Å². The van der Waals surface area contributed by atoms with Gasteiger partial charge in [-0.3, -0.25) is 0 Å². The summed E-state index contributed by atoms with van der Waals surface area (Å²) in [4.78, 5) is 2.23. The number of hydrogen-bond acceptors (Lipinski definition) is 4. The molecule has 1 saturated heterocycles. The maximum absolute atomic E-state index is 6.00. The largest absolute Gasteiger partial charge is 0.353 e. The molecule has 1 fully saturated rings. The summed E-state index contributed by atoms with van der Waals surface area (Å²) in [6, 6.07) is 2.33. The Morgan fingerprint density at radius 1 is 1.47 bits per heavy atom. The Balaban J connectivity index is 2.16. The minimum atomic E-state index is 0.260. The van der Waals surface area contributed by atoms with Gasteiger partial charge in [0.25, 0.3) is 0 Å². The number of hydrogen-bond donors (Lipinski definition) is 1. The van der Waals surface area contributed by atoms with Crippen LogP contribution in [0.25, 0.3) is 0 Å². The summed E-state index contributed by atoms with van der Waals surface area (Å²) in [6.45, 7) is 6.19. The predicted molar refractivity (Wildman–Crippen MR) is 60.7 cm³/mol. The van der Waals surface area contributed by atoms with Crippen LogP contribution >= 0.6 is 0 Å². The maximum Gasteiger partial charge on any atom is 0.151 e. The average molecular weight is 206 g/mol. The Morgan fingerprint density at radius 3 is 2.93 bits per heavy atom. The van der Waals surface area contributed by atoms with Crippen molar-refractivity contribution >= 4 is 5.82 Å². The zero-order valence-electron chi connectivity index (χ0n) is 9.35. The quantitative estimate of drug-likeness (QED) is 0.743. The third-order valence-electron chi connectivity index (χ3n) is 2.79. The number of anilines is 1. The van der Waals surface area contributed by atoms with Crippen LogP contribution in [0.4, 0.5) is 5.82 Å². The van der Waals surface area contributed by atoms with Gasteiger partial charge in [0.1, 0.15) is 0 Å². The van der Waals surface area contributed by atoms with Crippen LogP contribution in [0.2, 0.25) is 0 Å². The first-order valence-corrected chi connectivity index (χ1v) is 5.45. The van der Waals surface area contributed by atoms with Gasteiger partial charge in [0, 0.05) is 19.1 Å². The van der Waals surface area contributed by atoms with Crippen LogP contribution in [0, 0.1) is 12.8 Å². The fourth-order valence-electron chi connectivity index (χ4n) is 2.19. The van der Waals surface area contributed by atoms with E-state index in [2.05, 4.69) is 28.1 Å². The second-order valence-electron chi connectivity index (χ2n) is 4.60. The first-order valence-electron chi connectivity index (χ1n) is 5.45. The van der Waals surface area contributed by atoms with Gasteiger partial charge in [0.2, 0.25) is 0 Å². The molecule has 1 aromatic rings. The molecule has 2 N–H and O–H groups in total. The standard InChI is InChI=1S/C11H18N4/c1-8-4-11(14-13-5-8)15-6-9(2)3-10(12)7-15/h4-5,9-10H,3,6-7,12H2,1-2H3. The Labute approximate surface area is 90.5 Å². The zero-order chi connectivity index (χ0) is 10.8. The van der Waals surface area contributed by atoms with Gasteiger partial charge in [0.05, 0.1) is 6.20 Å². The predicted octanol–water partition coefficient (Wildman–Crippen LogP) is 0.959. The summed E-state index contributed by atoms with van der Waals surface area (Å²) in [7, 11) is 0. The van der Waals surface area contributed by atoms with E-state index in [1.807, 2.05) is 6.92 Å². The molecule has 15 heavy (non-hydrogen) atoms. The van der Waals surface area contributed by atoms with Crippen molar-refractivity contribution in [3.8, 4) is 0 Å². The van der Waals surface area contributed by atoms with Crippen molar-refractivity contribution in [2.75, 3.05) is 18.0 Å². The molecular formula is C11H18N4. The van der Waals surface area contributed by atoms with Crippen molar-refractivity contribution in [3.05, 3.63) is 17.8 Å². The zero-order valence-corrected chi connectivity index (χ0v) is 9.35. The topological polar surface area (TPSA) is 55.0 Å². The van der Waals surface area contributed by atoms with Crippen LogP contribution in [-0.2, 0) is 0 Å². The van der Waals surface area contributed by atoms with E-state index in [-0.39, 0.29) is 6.04 Å². The summed E-state index contributed by atoms with van der Waals surface area (Å²) in [5.41, 5.74) is 7.15. The Hall–Kier alpha value is -1.16. The van der Waals surface area contributed by atoms with Gasteiger partial charge in [-0.15, -0.1) is 5.10 Å². The number of piperidine rings is 1. The van der Waals surface area contributed by atoms with Gasteiger partial charge in [-0.25, -0.2) is 0 Å². The highest BCUT2D eigenvalue weighted by atomic mass is 15.3. The second kappa shape index (κ2) is 4.14. The number of nitrogens with zero attached hydrogens (tertiary/aromatic N) is 3. The van der Waals surface area contributed by atoms with Crippen molar-refractivity contribution in [2.24, 2.45) is 11.7 Å². The SMILES string of the molecule is Cc1cnnc(N2CC(C)CC(N)C2)c1. The maximum atomic E-state index is 6.00. The van der Waals surface area contributed by atoms with Crippen molar-refractivity contribution in [1.82, 2.24) is 10.2 Å². The van der Waals surface area contributed by atoms with Crippen LogP contribution in [0.1, 0.15) is 18.9 Å². The average Bonchev–Trinajstić information content (AvgIpc) is 2.16. The molecular weight excluding hydrogens is 188 g/mol. The highest BCUT2D eigenvalue weighted by molar-refractivity contribution is 5.40. The van der Waals surface area contributed by atoms with Crippen LogP contribution < -0.4 is 10.6 Å². The molecule has 4 nitrogen and oxygen atoms in total. The van der Waals surface area contributed by atoms with E-state index in [1.165, 1.54) is 0 Å². The summed E-state index contributed by atoms with van der Waals surface area (Å²) in [6.07, 6.45) is 2.88. The fraction of sp³-hybridized carbons (Fsp3) is 0.636. The number of aromatic nitrogens is 2. The third kappa shape index (κ3) is 2.45. The second-order valence-corrected chi connectivity index (χ2v) is 4.60. The molecule has 0 aromatic carbocycles. The first-order chi connectivity index (χ1) is 7.15. The highest BCUT2D eigenvalue weighted by Crippen LogP contribution is 2.20. The molecule has 4 heteroatoms. The molecule has 0 radical (unpaired) electrons. The molecule has 1 aliphatic rings. The number of rotatable bonds is 1. The molecule has 1 aromatic heterocycles. The van der Waals surface area contributed by atoms with Gasteiger partial charge >= 0.3 is 0 Å². The third-order valence-corrected chi connectivity index (χ3v) is 2.79. The molecule has 1 aliphatic heterocycles. The minimum Gasteiger partial charge on any atom is -0.353 e. The summed E-state index contributed by atoms with van der Waals surface area (Å²) in [5, 5.41) is 8.13. The number of aryl methyl sites for hydroxylation is 1. The summed E-state index contributed by atoms with van der Waals surface area (Å²) >= 11 is 0. The molecule has 82 valence electrons. The molecule has 0 saturated carbocycles. The van der Waals surface area contributed by atoms with Crippen molar-refractivity contribution in [2.45, 2.75) is 26.3 Å². The van der Waals surface area contributed by atoms with Crippen molar-refractivity contribution in [1.29, 1.82) is 0 Å². The lowest BCUT2D eigenvalue weighted by atomic mass is 9.96. The highest BCUT2D eigenvalue weighted by Gasteiger charge is 2.23. The van der Waals surface area contributed by atoms with Crippen molar-refractivity contribution in [3.63, 3.8) is 0 Å². The molecule has 0 amide bonds. The summed E-state index contributed by atoms with van der Waals surface area (Å²) < 4.78 is 0. The van der Waals surface area contributed by atoms with Crippen LogP contribution in [0.15, 0.2) is 12.3 Å². The van der Waals surface area contributed by atoms with E-state index in [4.69, 9.17) is 5.73 Å². The lowest BCUT2D eigenvalue weighted by Crippen LogP contribution is -2.46. The van der Waals surface area contributed by atoms with Gasteiger partial charge in [-0.1, -0.05) is 6.92 Å². The van der Waals surface area contributed by atoms with Gasteiger partial charge in [-0.05, 0) is 30.9 Å². The van der Waals surface area contributed by atoms with E-state index in [0.717, 1.165) is 30.9 Å². The fourth-order valence-corrected chi connectivity index (χ4v) is 2.19. The lowest BCUT2D eigenvalue weighted by molar-refractivity contribution is 0.399. The van der Waals surface area contributed by atoms with E-state index in [1.54, 1.807) is 6.20 Å². The normalized spacial score (nSPS) is 26.7. The Kier molecular flexibility index (Phi) is 2.86. The first kappa shape index (κ1) is 10.4. The Bertz CT molecular complexity index is 329. The van der Waals surface area contributed by atoms with Gasteiger partial charge in [0.15, 0.2) is 5.82 Å². The van der Waals surface area contributed by atoms with E-state index in [9.17, 15) is 0 Å². The Morgan fingerprint density at radius 2 is 2.27 bits per heavy atom. The lowest BCUT2D eigenvalue weighted by Gasteiger charge is -2.35. The van der Waals surface area contributed by atoms with Crippen LogP contribution in [-0.4, -0.2) is 29.3 Å². The summed E-state index contributed by atoms with van der Waals surface area (Å²) in [5.74, 6) is 1.59. The molecule has 2 atom stereocenters. The molecule has 2 rings (SSSR count). The van der Waals surface area contributed by atoms with Gasteiger partial charge < -0.3 is 10.6 Å². The molecule has 2 heterocycles. The monoisotopic (exact) mass is 206 g/mol.